The van der Waals surface area contributed by atoms with Gasteiger partial charge in [-0.2, -0.15) is 0 Å². The van der Waals surface area contributed by atoms with Gasteiger partial charge in [0.25, 0.3) is 5.56 Å². The highest BCUT2D eigenvalue weighted by Crippen LogP contribution is 2.43. The summed E-state index contributed by atoms with van der Waals surface area (Å²) >= 11 is 0. The fourth-order valence-electron chi connectivity index (χ4n) is 3.43. The summed E-state index contributed by atoms with van der Waals surface area (Å²) in [5.41, 5.74) is 1.52. The number of halogens is 1. The van der Waals surface area contributed by atoms with E-state index < -0.39 is 0 Å². The first kappa shape index (κ1) is 16.0. The van der Waals surface area contributed by atoms with E-state index in [0.29, 0.717) is 28.7 Å². The number of benzene rings is 1. The minimum absolute atomic E-state index is 0.203. The highest BCUT2D eigenvalue weighted by molar-refractivity contribution is 5.82. The molecule has 3 rings (SSSR count). The van der Waals surface area contributed by atoms with E-state index in [1.54, 1.807) is 7.05 Å². The molecule has 1 aromatic carbocycles. The van der Waals surface area contributed by atoms with Crippen molar-refractivity contribution in [2.75, 3.05) is 11.9 Å². The van der Waals surface area contributed by atoms with Gasteiger partial charge in [-0.25, -0.2) is 9.37 Å². The lowest BCUT2D eigenvalue weighted by molar-refractivity contribution is 0.144. The number of fused-ring (bicyclic) bond motifs is 1. The van der Waals surface area contributed by atoms with Crippen molar-refractivity contribution in [3.63, 3.8) is 0 Å². The number of anilines is 1. The van der Waals surface area contributed by atoms with Crippen LogP contribution in [0.15, 0.2) is 16.9 Å². The molecule has 23 heavy (non-hydrogen) atoms. The van der Waals surface area contributed by atoms with E-state index in [9.17, 15) is 9.18 Å². The van der Waals surface area contributed by atoms with E-state index in [4.69, 9.17) is 0 Å². The summed E-state index contributed by atoms with van der Waals surface area (Å²) in [6, 6.07) is 2.76. The molecule has 5 heteroatoms. The summed E-state index contributed by atoms with van der Waals surface area (Å²) in [4.78, 5) is 17.2. The van der Waals surface area contributed by atoms with E-state index in [1.165, 1.54) is 36.0 Å². The van der Waals surface area contributed by atoms with Crippen LogP contribution in [-0.2, 0) is 13.5 Å². The molecule has 0 atom stereocenters. The molecule has 1 aromatic heterocycles. The van der Waals surface area contributed by atoms with Crippen LogP contribution >= 0.6 is 0 Å². The van der Waals surface area contributed by atoms with Crippen LogP contribution in [0.4, 0.5) is 10.3 Å². The van der Waals surface area contributed by atoms with Gasteiger partial charge in [0.2, 0.25) is 5.95 Å². The Morgan fingerprint density at radius 1 is 1.35 bits per heavy atom. The van der Waals surface area contributed by atoms with Gasteiger partial charge in [-0.1, -0.05) is 20.3 Å². The maximum absolute atomic E-state index is 13.7. The van der Waals surface area contributed by atoms with E-state index in [1.807, 2.05) is 6.92 Å². The number of nitrogens with one attached hydrogen (secondary N) is 1. The van der Waals surface area contributed by atoms with Crippen LogP contribution in [0.5, 0.6) is 0 Å². The predicted molar refractivity (Wildman–Crippen MR) is 91.4 cm³/mol. The van der Waals surface area contributed by atoms with Crippen LogP contribution in [-0.4, -0.2) is 16.1 Å². The van der Waals surface area contributed by atoms with E-state index in [2.05, 4.69) is 17.2 Å². The molecule has 0 saturated heterocycles. The number of rotatable bonds is 5. The minimum Gasteiger partial charge on any atom is -0.355 e. The third kappa shape index (κ3) is 2.73. The summed E-state index contributed by atoms with van der Waals surface area (Å²) in [5.74, 6) is 0.192. The van der Waals surface area contributed by atoms with Gasteiger partial charge in [-0.15, -0.1) is 0 Å². The van der Waals surface area contributed by atoms with Crippen molar-refractivity contribution in [2.45, 2.75) is 46.0 Å². The van der Waals surface area contributed by atoms with E-state index in [0.717, 1.165) is 18.5 Å². The van der Waals surface area contributed by atoms with Crippen molar-refractivity contribution >= 4 is 16.9 Å². The van der Waals surface area contributed by atoms with Gasteiger partial charge in [0.15, 0.2) is 0 Å². The molecular formula is C18H24FN3O. The highest BCUT2D eigenvalue weighted by atomic mass is 19.1. The molecule has 1 aliphatic rings. The molecular weight excluding hydrogens is 293 g/mol. The van der Waals surface area contributed by atoms with Crippen LogP contribution in [0.1, 0.15) is 45.1 Å². The number of nitrogens with zero attached hydrogens (tertiary/aromatic N) is 2. The summed E-state index contributed by atoms with van der Waals surface area (Å²) in [6.07, 6.45) is 5.51. The summed E-state index contributed by atoms with van der Waals surface area (Å²) in [7, 11) is 1.69. The summed E-state index contributed by atoms with van der Waals surface area (Å²) < 4.78 is 15.2. The molecule has 0 spiro atoms. The second-order valence-corrected chi connectivity index (χ2v) is 6.67. The topological polar surface area (TPSA) is 46.9 Å². The lowest BCUT2D eigenvalue weighted by Crippen LogP contribution is -2.37. The predicted octanol–water partition coefficient (Wildman–Crippen LogP) is 3.63. The molecule has 0 amide bonds. The highest BCUT2D eigenvalue weighted by Gasteiger charge is 2.35. The fourth-order valence-corrected chi connectivity index (χ4v) is 3.43. The third-order valence-electron chi connectivity index (χ3n) is 5.39. The molecule has 0 unspecified atom stereocenters. The maximum Gasteiger partial charge on any atom is 0.262 e. The van der Waals surface area contributed by atoms with Crippen LogP contribution < -0.4 is 10.9 Å². The van der Waals surface area contributed by atoms with Crippen LogP contribution in [0.3, 0.4) is 0 Å². The third-order valence-corrected chi connectivity index (χ3v) is 5.39. The second-order valence-electron chi connectivity index (χ2n) is 6.67. The molecule has 1 saturated carbocycles. The average molecular weight is 317 g/mol. The lowest BCUT2D eigenvalue weighted by atomic mass is 9.67. The van der Waals surface area contributed by atoms with Crippen LogP contribution in [0.2, 0.25) is 0 Å². The molecule has 4 nitrogen and oxygen atoms in total. The normalized spacial score (nSPS) is 16.3. The van der Waals surface area contributed by atoms with Crippen molar-refractivity contribution in [1.29, 1.82) is 0 Å². The number of aromatic nitrogens is 2. The number of hydrogen-bond donors (Lipinski definition) is 1. The summed E-state index contributed by atoms with van der Waals surface area (Å²) in [6.45, 7) is 4.99. The Bertz CT molecular complexity index is 787. The molecule has 0 radical (unpaired) electrons. The quantitative estimate of drug-likeness (QED) is 0.916. The SMILES string of the molecule is CCc1cc(F)cc2c(=O)n(C)c(NCC3(CC)CCC3)nc12. The Hall–Kier alpha value is -1.91. The fraction of sp³-hybridized carbons (Fsp3) is 0.556. The Kier molecular flexibility index (Phi) is 4.13. The van der Waals surface area contributed by atoms with Crippen molar-refractivity contribution in [3.8, 4) is 0 Å². The Labute approximate surface area is 135 Å². The number of hydrogen-bond acceptors (Lipinski definition) is 3. The van der Waals surface area contributed by atoms with Gasteiger partial charge >= 0.3 is 0 Å². The Morgan fingerprint density at radius 3 is 2.65 bits per heavy atom. The molecule has 1 fully saturated rings. The lowest BCUT2D eigenvalue weighted by Gasteiger charge is -2.41. The molecule has 1 aliphatic carbocycles. The maximum atomic E-state index is 13.7. The van der Waals surface area contributed by atoms with Crippen molar-refractivity contribution < 1.29 is 4.39 Å². The molecule has 124 valence electrons. The zero-order chi connectivity index (χ0) is 16.6. The molecule has 1 N–H and O–H groups in total. The van der Waals surface area contributed by atoms with Gasteiger partial charge in [0.1, 0.15) is 5.82 Å². The van der Waals surface area contributed by atoms with E-state index in [-0.39, 0.29) is 11.4 Å². The molecule has 0 bridgehead atoms. The Morgan fingerprint density at radius 2 is 2.09 bits per heavy atom. The molecule has 0 aliphatic heterocycles. The second kappa shape index (κ2) is 5.95. The first-order valence-corrected chi connectivity index (χ1v) is 8.42. The molecule has 2 aromatic rings. The zero-order valence-electron chi connectivity index (χ0n) is 14.1. The van der Waals surface area contributed by atoms with Crippen LogP contribution in [0.25, 0.3) is 10.9 Å². The minimum atomic E-state index is -0.381. The van der Waals surface area contributed by atoms with Gasteiger partial charge in [0.05, 0.1) is 10.9 Å². The van der Waals surface area contributed by atoms with Crippen molar-refractivity contribution in [2.24, 2.45) is 12.5 Å². The zero-order valence-corrected chi connectivity index (χ0v) is 14.1. The first-order valence-electron chi connectivity index (χ1n) is 8.42. The smallest absolute Gasteiger partial charge is 0.262 e. The van der Waals surface area contributed by atoms with E-state index >= 15 is 0 Å². The number of aryl methyl sites for hydroxylation is 1. The van der Waals surface area contributed by atoms with Crippen molar-refractivity contribution in [1.82, 2.24) is 9.55 Å². The van der Waals surface area contributed by atoms with Gasteiger partial charge < -0.3 is 5.32 Å². The summed E-state index contributed by atoms with van der Waals surface area (Å²) in [5, 5.41) is 3.71. The Balaban J connectivity index is 2.02. The largest absolute Gasteiger partial charge is 0.355 e. The standard InChI is InChI=1S/C18H24FN3O/c1-4-12-9-13(19)10-14-15(12)21-17(22(3)16(14)23)20-11-18(5-2)7-6-8-18/h9-10H,4-8,11H2,1-3H3,(H,20,21). The van der Waals surface area contributed by atoms with Crippen LogP contribution in [0, 0.1) is 11.2 Å². The average Bonchev–Trinajstić information content (AvgIpc) is 2.51. The van der Waals surface area contributed by atoms with Gasteiger partial charge in [-0.3, -0.25) is 9.36 Å². The van der Waals surface area contributed by atoms with Gasteiger partial charge in [-0.05, 0) is 48.8 Å². The first-order chi connectivity index (χ1) is 11.0. The van der Waals surface area contributed by atoms with Crippen molar-refractivity contribution in [3.05, 3.63) is 33.9 Å². The van der Waals surface area contributed by atoms with Gasteiger partial charge in [0, 0.05) is 13.6 Å². The molecule has 1 heterocycles. The monoisotopic (exact) mass is 317 g/mol.